The van der Waals surface area contributed by atoms with E-state index in [2.05, 4.69) is 15.2 Å². The Hall–Kier alpha value is -2.73. The number of halogens is 1. The molecule has 2 aromatic carbocycles. The normalized spacial score (nSPS) is 22.0. The van der Waals surface area contributed by atoms with Crippen LogP contribution in [0, 0.1) is 11.7 Å². The van der Waals surface area contributed by atoms with E-state index in [9.17, 15) is 9.18 Å². The molecule has 2 saturated heterocycles. The molecule has 0 aliphatic carbocycles. The van der Waals surface area contributed by atoms with Gasteiger partial charge in [-0.15, -0.1) is 0 Å². The average Bonchev–Trinajstić information content (AvgIpc) is 3.35. The van der Waals surface area contributed by atoms with E-state index in [1.807, 2.05) is 34.9 Å². The number of benzene rings is 2. The maximum atomic E-state index is 14.2. The van der Waals surface area contributed by atoms with E-state index in [-0.39, 0.29) is 11.7 Å². The second-order valence-electron chi connectivity index (χ2n) is 8.85. The minimum absolute atomic E-state index is 0.137. The van der Waals surface area contributed by atoms with Crippen LogP contribution in [-0.2, 0) is 6.54 Å². The third kappa shape index (κ3) is 4.09. The van der Waals surface area contributed by atoms with Gasteiger partial charge in [0.15, 0.2) is 0 Å². The van der Waals surface area contributed by atoms with Crippen molar-refractivity contribution in [1.29, 1.82) is 0 Å². The Morgan fingerprint density at radius 1 is 1.10 bits per heavy atom. The van der Waals surface area contributed by atoms with Gasteiger partial charge >= 0.3 is 0 Å². The number of amides is 1. The fourth-order valence-electron chi connectivity index (χ4n) is 5.23. The van der Waals surface area contributed by atoms with Gasteiger partial charge in [-0.25, -0.2) is 9.37 Å². The van der Waals surface area contributed by atoms with Gasteiger partial charge in [-0.3, -0.25) is 4.79 Å². The summed E-state index contributed by atoms with van der Waals surface area (Å²) in [5.41, 5.74) is 2.92. The van der Waals surface area contributed by atoms with Gasteiger partial charge in [0.1, 0.15) is 11.3 Å². The van der Waals surface area contributed by atoms with Gasteiger partial charge in [0.05, 0.1) is 11.8 Å². The van der Waals surface area contributed by atoms with E-state index in [0.29, 0.717) is 29.5 Å². The Labute approximate surface area is 182 Å². The number of para-hydroxylation sites is 1. The Bertz CT molecular complexity index is 1050. The van der Waals surface area contributed by atoms with Crippen LogP contribution in [-0.4, -0.2) is 46.0 Å². The molecule has 3 aromatic rings. The summed E-state index contributed by atoms with van der Waals surface area (Å²) < 4.78 is 16.0. The average molecular weight is 421 g/mol. The number of fused-ring (bicyclic) bond motifs is 1. The predicted molar refractivity (Wildman–Crippen MR) is 120 cm³/mol. The molecule has 0 spiro atoms. The smallest absolute Gasteiger partial charge is 0.254 e. The maximum Gasteiger partial charge on any atom is 0.254 e. The van der Waals surface area contributed by atoms with E-state index in [1.54, 1.807) is 12.4 Å². The van der Waals surface area contributed by atoms with Crippen molar-refractivity contribution in [3.63, 3.8) is 0 Å². The summed E-state index contributed by atoms with van der Waals surface area (Å²) in [6, 6.07) is 13.0. The zero-order valence-electron chi connectivity index (χ0n) is 17.8. The first kappa shape index (κ1) is 20.2. The van der Waals surface area contributed by atoms with Crippen LogP contribution in [0.5, 0.6) is 0 Å². The highest BCUT2D eigenvalue weighted by atomic mass is 19.1. The molecule has 2 aliphatic rings. The van der Waals surface area contributed by atoms with Crippen molar-refractivity contribution in [2.24, 2.45) is 5.92 Å². The lowest BCUT2D eigenvalue weighted by Crippen LogP contribution is -2.42. The molecule has 5 nitrogen and oxygen atoms in total. The summed E-state index contributed by atoms with van der Waals surface area (Å²) >= 11 is 0. The molecular formula is C25H29FN4O. The number of hydrogen-bond donors (Lipinski definition) is 1. The van der Waals surface area contributed by atoms with Gasteiger partial charge < -0.3 is 14.8 Å². The van der Waals surface area contributed by atoms with Gasteiger partial charge in [0.25, 0.3) is 5.91 Å². The van der Waals surface area contributed by atoms with Crippen molar-refractivity contribution in [3.05, 3.63) is 65.7 Å². The largest absolute Gasteiger partial charge is 0.335 e. The number of nitrogens with zero attached hydrogens (tertiary/aromatic N) is 3. The summed E-state index contributed by atoms with van der Waals surface area (Å²) in [6.07, 6.45) is 7.54. The zero-order valence-corrected chi connectivity index (χ0v) is 17.8. The Kier molecular flexibility index (Phi) is 5.72. The molecule has 1 aromatic heterocycles. The zero-order chi connectivity index (χ0) is 21.2. The molecule has 162 valence electrons. The highest BCUT2D eigenvalue weighted by Gasteiger charge is 2.35. The van der Waals surface area contributed by atoms with E-state index in [1.165, 1.54) is 25.3 Å². The lowest BCUT2D eigenvalue weighted by molar-refractivity contribution is 0.0683. The SMILES string of the molecule is O=C(c1ccc(Cn2cnc3cccc(F)c32)cc1)N1CCC[C@H]1[C@H]1CCCCNC1. The standard InChI is InChI=1S/C25H29FN4O/c26-21-6-3-7-22-24(21)29(17-28-22)16-18-9-11-19(12-10-18)25(31)30-14-4-8-23(30)20-5-1-2-13-27-15-20/h3,6-7,9-12,17,20,23,27H,1-2,4-5,8,13-16H2/t20-,23-/m0/s1. The molecule has 6 heteroatoms. The lowest BCUT2D eigenvalue weighted by atomic mass is 9.92. The Morgan fingerprint density at radius 2 is 1.97 bits per heavy atom. The van der Waals surface area contributed by atoms with Crippen molar-refractivity contribution in [1.82, 2.24) is 19.8 Å². The van der Waals surface area contributed by atoms with Crippen LogP contribution in [0.1, 0.15) is 48.0 Å². The van der Waals surface area contributed by atoms with E-state index in [0.717, 1.165) is 43.6 Å². The molecular weight excluding hydrogens is 391 g/mol. The van der Waals surface area contributed by atoms with Gasteiger partial charge in [-0.2, -0.15) is 0 Å². The van der Waals surface area contributed by atoms with Crippen LogP contribution in [0.3, 0.4) is 0 Å². The molecule has 0 unspecified atom stereocenters. The highest BCUT2D eigenvalue weighted by molar-refractivity contribution is 5.94. The van der Waals surface area contributed by atoms with Crippen LogP contribution in [0.2, 0.25) is 0 Å². The molecule has 2 fully saturated rings. The number of nitrogens with one attached hydrogen (secondary N) is 1. The van der Waals surface area contributed by atoms with Crippen molar-refractivity contribution in [2.75, 3.05) is 19.6 Å². The molecule has 2 atom stereocenters. The van der Waals surface area contributed by atoms with Gasteiger partial charge in [-0.05, 0) is 74.5 Å². The third-order valence-electron chi connectivity index (χ3n) is 6.83. The van der Waals surface area contributed by atoms with E-state index >= 15 is 0 Å². The maximum absolute atomic E-state index is 14.2. The minimum Gasteiger partial charge on any atom is -0.335 e. The summed E-state index contributed by atoms with van der Waals surface area (Å²) in [6.45, 7) is 3.48. The van der Waals surface area contributed by atoms with Crippen LogP contribution in [0.4, 0.5) is 4.39 Å². The predicted octanol–water partition coefficient (Wildman–Crippen LogP) is 4.22. The molecule has 0 bridgehead atoms. The summed E-state index contributed by atoms with van der Waals surface area (Å²) in [5.74, 6) is 0.421. The Balaban J connectivity index is 1.30. The third-order valence-corrected chi connectivity index (χ3v) is 6.83. The molecule has 31 heavy (non-hydrogen) atoms. The number of rotatable bonds is 4. The Morgan fingerprint density at radius 3 is 2.84 bits per heavy atom. The molecule has 5 rings (SSSR count). The number of carbonyl (C=O) groups excluding carboxylic acids is 1. The molecule has 1 amide bonds. The van der Waals surface area contributed by atoms with Gasteiger partial charge in [0, 0.05) is 24.7 Å². The van der Waals surface area contributed by atoms with Crippen LogP contribution in [0.15, 0.2) is 48.8 Å². The van der Waals surface area contributed by atoms with Gasteiger partial charge in [0.2, 0.25) is 0 Å². The second kappa shape index (κ2) is 8.79. The van der Waals surface area contributed by atoms with Crippen LogP contribution < -0.4 is 5.32 Å². The van der Waals surface area contributed by atoms with E-state index < -0.39 is 0 Å². The van der Waals surface area contributed by atoms with Crippen LogP contribution >= 0.6 is 0 Å². The number of carbonyl (C=O) groups is 1. The first-order chi connectivity index (χ1) is 15.2. The topological polar surface area (TPSA) is 50.2 Å². The molecule has 0 saturated carbocycles. The number of likely N-dealkylation sites (tertiary alicyclic amines) is 1. The monoisotopic (exact) mass is 420 g/mol. The quantitative estimate of drug-likeness (QED) is 0.688. The van der Waals surface area contributed by atoms with Crippen LogP contribution in [0.25, 0.3) is 11.0 Å². The summed E-state index contributed by atoms with van der Waals surface area (Å²) in [4.78, 5) is 19.7. The molecule has 2 aliphatic heterocycles. The fraction of sp³-hybridized carbons (Fsp3) is 0.440. The number of aromatic nitrogens is 2. The minimum atomic E-state index is -0.269. The lowest BCUT2D eigenvalue weighted by Gasteiger charge is -2.31. The molecule has 0 radical (unpaired) electrons. The first-order valence-corrected chi connectivity index (χ1v) is 11.4. The van der Waals surface area contributed by atoms with Gasteiger partial charge in [-0.1, -0.05) is 24.6 Å². The van der Waals surface area contributed by atoms with E-state index in [4.69, 9.17) is 0 Å². The number of hydrogen-bond acceptors (Lipinski definition) is 3. The first-order valence-electron chi connectivity index (χ1n) is 11.4. The molecule has 3 heterocycles. The summed E-state index contributed by atoms with van der Waals surface area (Å²) in [5, 5.41) is 3.55. The van der Waals surface area contributed by atoms with Crippen molar-refractivity contribution < 1.29 is 9.18 Å². The highest BCUT2D eigenvalue weighted by Crippen LogP contribution is 2.29. The van der Waals surface area contributed by atoms with Crippen molar-refractivity contribution in [2.45, 2.75) is 44.7 Å². The van der Waals surface area contributed by atoms with Crippen molar-refractivity contribution in [3.8, 4) is 0 Å². The summed E-state index contributed by atoms with van der Waals surface area (Å²) in [7, 11) is 0. The second-order valence-corrected chi connectivity index (χ2v) is 8.85. The van der Waals surface area contributed by atoms with Crippen molar-refractivity contribution >= 4 is 16.9 Å². The molecule has 1 N–H and O–H groups in total. The number of imidazole rings is 1. The fourth-order valence-corrected chi connectivity index (χ4v) is 5.23.